The Kier molecular flexibility index (Phi) is 5.57. The van der Waals surface area contributed by atoms with Gasteiger partial charge in [0.2, 0.25) is 5.89 Å². The first-order valence-corrected chi connectivity index (χ1v) is 9.64. The van der Waals surface area contributed by atoms with Crippen molar-refractivity contribution in [2.24, 2.45) is 0 Å². The van der Waals surface area contributed by atoms with Crippen molar-refractivity contribution in [3.63, 3.8) is 0 Å². The van der Waals surface area contributed by atoms with Crippen LogP contribution >= 0.6 is 0 Å². The highest BCUT2D eigenvalue weighted by molar-refractivity contribution is 5.92. The minimum Gasteiger partial charge on any atom is -0.484 e. The van der Waals surface area contributed by atoms with Gasteiger partial charge in [-0.05, 0) is 54.4 Å². The Balaban J connectivity index is 1.48. The fourth-order valence-corrected chi connectivity index (χ4v) is 3.07. The summed E-state index contributed by atoms with van der Waals surface area (Å²) in [6.07, 6.45) is 0.898. The Morgan fingerprint density at radius 2 is 1.87 bits per heavy atom. The predicted octanol–water partition coefficient (Wildman–Crippen LogP) is 4.43. The molecule has 0 aliphatic heterocycles. The molecule has 0 aliphatic carbocycles. The number of anilines is 1. The predicted molar refractivity (Wildman–Crippen MR) is 116 cm³/mol. The smallest absolute Gasteiger partial charge is 0.347 e. The standard InChI is InChI=1S/C24H20N2O4/c1-2-16-7-5-10-19(13-16)29-15-22(27)25-18-9-6-8-17(14-18)23-26-21-12-4-3-11-20(21)24(28)30-23/h3-14H,2,15H2,1H3,(H,25,27). The minimum atomic E-state index is -0.451. The number of nitrogens with one attached hydrogen (secondary N) is 1. The lowest BCUT2D eigenvalue weighted by molar-refractivity contribution is -0.118. The van der Waals surface area contributed by atoms with Crippen molar-refractivity contribution in [1.82, 2.24) is 4.98 Å². The summed E-state index contributed by atoms with van der Waals surface area (Å²) < 4.78 is 10.9. The van der Waals surface area contributed by atoms with Gasteiger partial charge in [-0.2, -0.15) is 0 Å². The lowest BCUT2D eigenvalue weighted by atomic mass is 10.2. The van der Waals surface area contributed by atoms with Crippen LogP contribution in [0.25, 0.3) is 22.4 Å². The number of aromatic nitrogens is 1. The summed E-state index contributed by atoms with van der Waals surface area (Å²) in [5.41, 5.74) is 2.40. The molecule has 0 fully saturated rings. The number of benzene rings is 3. The zero-order valence-corrected chi connectivity index (χ0v) is 16.4. The molecule has 4 rings (SSSR count). The van der Waals surface area contributed by atoms with E-state index in [1.165, 1.54) is 0 Å². The van der Waals surface area contributed by atoms with Gasteiger partial charge in [0, 0.05) is 11.3 Å². The van der Waals surface area contributed by atoms with Crippen LogP contribution in [-0.4, -0.2) is 17.5 Å². The van der Waals surface area contributed by atoms with Crippen LogP contribution in [-0.2, 0) is 11.2 Å². The van der Waals surface area contributed by atoms with Gasteiger partial charge in [-0.1, -0.05) is 37.3 Å². The number of aryl methyl sites for hydroxylation is 1. The average Bonchev–Trinajstić information content (AvgIpc) is 2.78. The maximum absolute atomic E-state index is 12.3. The summed E-state index contributed by atoms with van der Waals surface area (Å²) in [5.74, 6) is 0.560. The summed E-state index contributed by atoms with van der Waals surface area (Å²) in [6.45, 7) is 1.95. The molecule has 3 aromatic carbocycles. The van der Waals surface area contributed by atoms with E-state index < -0.39 is 5.63 Å². The molecule has 6 nitrogen and oxygen atoms in total. The summed E-state index contributed by atoms with van der Waals surface area (Å²) in [5, 5.41) is 3.22. The van der Waals surface area contributed by atoms with Crippen LogP contribution in [0.15, 0.2) is 82.0 Å². The third kappa shape index (κ3) is 4.38. The number of fused-ring (bicyclic) bond motifs is 1. The van der Waals surface area contributed by atoms with E-state index >= 15 is 0 Å². The minimum absolute atomic E-state index is 0.110. The third-order valence-corrected chi connectivity index (χ3v) is 4.61. The van der Waals surface area contributed by atoms with Gasteiger partial charge in [-0.15, -0.1) is 0 Å². The highest BCUT2D eigenvalue weighted by Gasteiger charge is 2.10. The molecule has 0 bridgehead atoms. The molecular weight excluding hydrogens is 380 g/mol. The van der Waals surface area contributed by atoms with Gasteiger partial charge in [-0.25, -0.2) is 9.78 Å². The summed E-state index contributed by atoms with van der Waals surface area (Å²) >= 11 is 0. The van der Waals surface area contributed by atoms with E-state index in [2.05, 4.69) is 17.2 Å². The van der Waals surface area contributed by atoms with Gasteiger partial charge in [0.05, 0.1) is 10.9 Å². The fourth-order valence-electron chi connectivity index (χ4n) is 3.07. The van der Waals surface area contributed by atoms with Crippen LogP contribution in [0.2, 0.25) is 0 Å². The number of hydrogen-bond donors (Lipinski definition) is 1. The topological polar surface area (TPSA) is 81.4 Å². The van der Waals surface area contributed by atoms with Crippen molar-refractivity contribution in [2.45, 2.75) is 13.3 Å². The fraction of sp³-hybridized carbons (Fsp3) is 0.125. The Labute approximate surface area is 173 Å². The molecule has 1 N–H and O–H groups in total. The lowest BCUT2D eigenvalue weighted by Gasteiger charge is -2.09. The van der Waals surface area contributed by atoms with Gasteiger partial charge in [0.25, 0.3) is 5.91 Å². The highest BCUT2D eigenvalue weighted by Crippen LogP contribution is 2.22. The van der Waals surface area contributed by atoms with Gasteiger partial charge in [-0.3, -0.25) is 4.79 Å². The van der Waals surface area contributed by atoms with Crippen molar-refractivity contribution in [1.29, 1.82) is 0 Å². The first-order valence-electron chi connectivity index (χ1n) is 9.64. The molecule has 4 aromatic rings. The van der Waals surface area contributed by atoms with Crippen molar-refractivity contribution in [3.05, 3.63) is 88.8 Å². The van der Waals surface area contributed by atoms with Gasteiger partial charge >= 0.3 is 5.63 Å². The van der Waals surface area contributed by atoms with Crippen LogP contribution in [0.1, 0.15) is 12.5 Å². The quantitative estimate of drug-likeness (QED) is 0.518. The number of nitrogens with zero attached hydrogens (tertiary/aromatic N) is 1. The largest absolute Gasteiger partial charge is 0.484 e. The molecule has 1 amide bonds. The Morgan fingerprint density at radius 3 is 2.73 bits per heavy atom. The first-order chi connectivity index (χ1) is 14.6. The molecule has 0 saturated heterocycles. The Morgan fingerprint density at radius 1 is 1.03 bits per heavy atom. The van der Waals surface area contributed by atoms with Crippen LogP contribution < -0.4 is 15.7 Å². The van der Waals surface area contributed by atoms with Crippen molar-refractivity contribution >= 4 is 22.5 Å². The SMILES string of the molecule is CCc1cccc(OCC(=O)Nc2cccc(-c3nc4ccccc4c(=O)o3)c2)c1. The number of carbonyl (C=O) groups excluding carboxylic acids is 1. The molecule has 150 valence electrons. The molecule has 0 aliphatic rings. The number of para-hydroxylation sites is 1. The van der Waals surface area contributed by atoms with E-state index in [-0.39, 0.29) is 18.4 Å². The third-order valence-electron chi connectivity index (χ3n) is 4.61. The van der Waals surface area contributed by atoms with Crippen LogP contribution in [0.4, 0.5) is 5.69 Å². The number of hydrogen-bond acceptors (Lipinski definition) is 5. The maximum Gasteiger partial charge on any atom is 0.347 e. The highest BCUT2D eigenvalue weighted by atomic mass is 16.5. The van der Waals surface area contributed by atoms with E-state index in [1.54, 1.807) is 42.5 Å². The van der Waals surface area contributed by atoms with Gasteiger partial charge < -0.3 is 14.5 Å². The van der Waals surface area contributed by atoms with Crippen LogP contribution in [0.3, 0.4) is 0 Å². The molecule has 0 spiro atoms. The summed E-state index contributed by atoms with van der Waals surface area (Å²) in [4.78, 5) is 28.9. The zero-order valence-electron chi connectivity index (χ0n) is 16.4. The molecule has 30 heavy (non-hydrogen) atoms. The number of ether oxygens (including phenoxy) is 1. The Hall–Kier alpha value is -3.93. The van der Waals surface area contributed by atoms with E-state index in [1.807, 2.05) is 30.3 Å². The Bertz CT molecular complexity index is 1260. The molecule has 0 atom stereocenters. The number of amides is 1. The maximum atomic E-state index is 12.3. The second kappa shape index (κ2) is 8.61. The lowest BCUT2D eigenvalue weighted by Crippen LogP contribution is -2.20. The van der Waals surface area contributed by atoms with Crippen LogP contribution in [0, 0.1) is 0 Å². The van der Waals surface area contributed by atoms with E-state index in [0.717, 1.165) is 12.0 Å². The van der Waals surface area contributed by atoms with E-state index in [0.29, 0.717) is 27.9 Å². The molecular formula is C24H20N2O4. The van der Waals surface area contributed by atoms with E-state index in [9.17, 15) is 9.59 Å². The molecule has 0 saturated carbocycles. The molecule has 1 heterocycles. The van der Waals surface area contributed by atoms with Crippen LogP contribution in [0.5, 0.6) is 5.75 Å². The zero-order chi connectivity index (χ0) is 20.9. The summed E-state index contributed by atoms with van der Waals surface area (Å²) in [6, 6.07) is 21.6. The molecule has 6 heteroatoms. The van der Waals surface area contributed by atoms with Gasteiger partial charge in [0.1, 0.15) is 5.75 Å². The van der Waals surface area contributed by atoms with Crippen molar-refractivity contribution in [2.75, 3.05) is 11.9 Å². The monoisotopic (exact) mass is 400 g/mol. The molecule has 1 aromatic heterocycles. The second-order valence-electron chi connectivity index (χ2n) is 6.74. The van der Waals surface area contributed by atoms with Crippen molar-refractivity contribution < 1.29 is 13.9 Å². The molecule has 0 radical (unpaired) electrons. The average molecular weight is 400 g/mol. The normalized spacial score (nSPS) is 10.7. The number of carbonyl (C=O) groups is 1. The summed E-state index contributed by atoms with van der Waals surface area (Å²) in [7, 11) is 0. The van der Waals surface area contributed by atoms with Gasteiger partial charge in [0.15, 0.2) is 6.61 Å². The van der Waals surface area contributed by atoms with Crippen molar-refractivity contribution in [3.8, 4) is 17.2 Å². The van der Waals surface area contributed by atoms with E-state index in [4.69, 9.17) is 9.15 Å². The second-order valence-corrected chi connectivity index (χ2v) is 6.74. The molecule has 0 unspecified atom stereocenters. The first kappa shape index (κ1) is 19.4. The number of rotatable bonds is 6.